The second kappa shape index (κ2) is 4.80. The summed E-state index contributed by atoms with van der Waals surface area (Å²) in [6.45, 7) is 0.598. The third-order valence-corrected chi connectivity index (χ3v) is 3.37. The third kappa shape index (κ3) is 2.29. The lowest BCUT2D eigenvalue weighted by atomic mass is 10.1. The van der Waals surface area contributed by atoms with E-state index in [1.54, 1.807) is 4.90 Å². The highest BCUT2D eigenvalue weighted by atomic mass is 79.9. The van der Waals surface area contributed by atoms with Gasteiger partial charge in [0.05, 0.1) is 11.4 Å². The van der Waals surface area contributed by atoms with Crippen molar-refractivity contribution in [3.63, 3.8) is 0 Å². The molecule has 3 nitrogen and oxygen atoms in total. The highest BCUT2D eigenvalue weighted by Gasteiger charge is 2.30. The van der Waals surface area contributed by atoms with Crippen LogP contribution in [0.5, 0.6) is 0 Å². The topological polar surface area (TPSA) is 32.3 Å². The normalized spacial score (nSPS) is 19.2. The summed E-state index contributed by atoms with van der Waals surface area (Å²) >= 11 is 3.42. The monoisotopic (exact) mass is 292 g/mol. The average molecular weight is 293 g/mol. The fourth-order valence-corrected chi connectivity index (χ4v) is 2.34. The van der Waals surface area contributed by atoms with E-state index in [1.807, 2.05) is 25.2 Å². The third-order valence-electron chi connectivity index (χ3n) is 2.88. The van der Waals surface area contributed by atoms with Gasteiger partial charge >= 0.3 is 0 Å². The van der Waals surface area contributed by atoms with E-state index in [1.165, 1.54) is 0 Å². The summed E-state index contributed by atoms with van der Waals surface area (Å²) in [6.07, 6.45) is 5.82. The molecule has 1 N–H and O–H groups in total. The molecule has 1 aromatic carbocycles. The highest BCUT2D eigenvalue weighted by molar-refractivity contribution is 9.10. The summed E-state index contributed by atoms with van der Waals surface area (Å²) in [5.74, 6) is 2.76. The molecular formula is C13H13BrN2O. The van der Waals surface area contributed by atoms with Crippen LogP contribution in [0, 0.1) is 18.3 Å². The molecule has 0 aromatic heterocycles. The van der Waals surface area contributed by atoms with Crippen molar-refractivity contribution in [3.05, 3.63) is 22.7 Å². The Balaban J connectivity index is 2.37. The molecule has 1 heterocycles. The zero-order valence-corrected chi connectivity index (χ0v) is 11.1. The van der Waals surface area contributed by atoms with Gasteiger partial charge in [-0.05, 0) is 18.2 Å². The van der Waals surface area contributed by atoms with E-state index in [0.29, 0.717) is 13.0 Å². The number of nitrogens with zero attached hydrogens (tertiary/aromatic N) is 1. The Morgan fingerprint density at radius 1 is 1.59 bits per heavy atom. The summed E-state index contributed by atoms with van der Waals surface area (Å²) in [7, 11) is 1.84. The molecule has 4 heteroatoms. The Kier molecular flexibility index (Phi) is 3.39. The zero-order chi connectivity index (χ0) is 12.4. The Hall–Kier alpha value is -1.47. The maximum Gasteiger partial charge on any atom is 0.228 e. The lowest BCUT2D eigenvalue weighted by molar-refractivity contribution is -0.117. The smallest absolute Gasteiger partial charge is 0.228 e. The number of carbonyl (C=O) groups excluding carboxylic acids is 1. The van der Waals surface area contributed by atoms with Crippen LogP contribution in [0.4, 0.5) is 11.4 Å². The first kappa shape index (κ1) is 12.0. The molecule has 0 spiro atoms. The number of hydrogen-bond donors (Lipinski definition) is 1. The molecule has 2 rings (SSSR count). The molecule has 1 atom stereocenters. The number of carbonyl (C=O) groups is 1. The first-order chi connectivity index (χ1) is 8.15. The standard InChI is InChI=1S/C13H13BrN2O/c1-3-9-6-13(17)16(8-9)12-7-10(14)4-5-11(12)15-2/h1,4-5,7,9,15H,6,8H2,2H3. The van der Waals surface area contributed by atoms with Gasteiger partial charge in [0.1, 0.15) is 0 Å². The Labute approximate surface area is 109 Å². The van der Waals surface area contributed by atoms with Crippen LogP contribution in [-0.4, -0.2) is 19.5 Å². The van der Waals surface area contributed by atoms with Crippen LogP contribution in [-0.2, 0) is 4.79 Å². The number of benzene rings is 1. The number of terminal acetylenes is 1. The van der Waals surface area contributed by atoms with Crippen molar-refractivity contribution in [1.29, 1.82) is 0 Å². The van der Waals surface area contributed by atoms with Crippen molar-refractivity contribution in [2.75, 3.05) is 23.8 Å². The van der Waals surface area contributed by atoms with Gasteiger partial charge in [0, 0.05) is 30.4 Å². The van der Waals surface area contributed by atoms with Crippen LogP contribution in [0.2, 0.25) is 0 Å². The van der Waals surface area contributed by atoms with Gasteiger partial charge in [-0.2, -0.15) is 0 Å². The molecule has 0 radical (unpaired) electrons. The molecule has 0 aliphatic carbocycles. The Bertz CT molecular complexity index is 493. The van der Waals surface area contributed by atoms with Gasteiger partial charge in [0.15, 0.2) is 0 Å². The molecule has 17 heavy (non-hydrogen) atoms. The largest absolute Gasteiger partial charge is 0.386 e. The van der Waals surface area contributed by atoms with Gasteiger partial charge in [-0.15, -0.1) is 12.3 Å². The van der Waals surface area contributed by atoms with Crippen LogP contribution in [0.25, 0.3) is 0 Å². The van der Waals surface area contributed by atoms with Crippen LogP contribution in [0.15, 0.2) is 22.7 Å². The van der Waals surface area contributed by atoms with E-state index in [9.17, 15) is 4.79 Å². The summed E-state index contributed by atoms with van der Waals surface area (Å²) < 4.78 is 0.948. The molecule has 1 amide bonds. The molecule has 1 fully saturated rings. The number of nitrogens with one attached hydrogen (secondary N) is 1. The van der Waals surface area contributed by atoms with E-state index < -0.39 is 0 Å². The van der Waals surface area contributed by atoms with E-state index in [2.05, 4.69) is 27.2 Å². The van der Waals surface area contributed by atoms with Crippen molar-refractivity contribution in [2.45, 2.75) is 6.42 Å². The van der Waals surface area contributed by atoms with Gasteiger partial charge in [-0.1, -0.05) is 15.9 Å². The molecular weight excluding hydrogens is 280 g/mol. The predicted molar refractivity (Wildman–Crippen MR) is 73.0 cm³/mol. The molecule has 1 saturated heterocycles. The number of amides is 1. The van der Waals surface area contributed by atoms with E-state index in [-0.39, 0.29) is 11.8 Å². The summed E-state index contributed by atoms with van der Waals surface area (Å²) in [5, 5.41) is 3.09. The van der Waals surface area contributed by atoms with Crippen molar-refractivity contribution < 1.29 is 4.79 Å². The molecule has 0 saturated carbocycles. The van der Waals surface area contributed by atoms with E-state index in [4.69, 9.17) is 6.42 Å². The Morgan fingerprint density at radius 3 is 2.94 bits per heavy atom. The molecule has 1 aliphatic heterocycles. The molecule has 1 aliphatic rings. The van der Waals surface area contributed by atoms with Crippen LogP contribution < -0.4 is 10.2 Å². The predicted octanol–water partition coefficient (Wildman–Crippen LogP) is 2.48. The van der Waals surface area contributed by atoms with Crippen molar-refractivity contribution in [3.8, 4) is 12.3 Å². The quantitative estimate of drug-likeness (QED) is 0.850. The fourth-order valence-electron chi connectivity index (χ4n) is 1.99. The van der Waals surface area contributed by atoms with E-state index in [0.717, 1.165) is 15.8 Å². The van der Waals surface area contributed by atoms with Gasteiger partial charge in [-0.3, -0.25) is 4.79 Å². The van der Waals surface area contributed by atoms with Gasteiger partial charge in [0.2, 0.25) is 5.91 Å². The maximum absolute atomic E-state index is 11.9. The van der Waals surface area contributed by atoms with Crippen molar-refractivity contribution in [2.24, 2.45) is 5.92 Å². The summed E-state index contributed by atoms with van der Waals surface area (Å²) in [4.78, 5) is 13.7. The minimum atomic E-state index is 0.0196. The zero-order valence-electron chi connectivity index (χ0n) is 9.53. The lowest BCUT2D eigenvalue weighted by Gasteiger charge is -2.20. The highest BCUT2D eigenvalue weighted by Crippen LogP contribution is 2.33. The second-order valence-corrected chi connectivity index (χ2v) is 4.90. The van der Waals surface area contributed by atoms with Crippen LogP contribution >= 0.6 is 15.9 Å². The van der Waals surface area contributed by atoms with Gasteiger partial charge in [0.25, 0.3) is 0 Å². The minimum Gasteiger partial charge on any atom is -0.386 e. The number of rotatable bonds is 2. The summed E-state index contributed by atoms with van der Waals surface area (Å²) in [6, 6.07) is 5.81. The lowest BCUT2D eigenvalue weighted by Crippen LogP contribution is -2.25. The summed E-state index contributed by atoms with van der Waals surface area (Å²) in [5.41, 5.74) is 1.81. The van der Waals surface area contributed by atoms with Crippen LogP contribution in [0.3, 0.4) is 0 Å². The Morgan fingerprint density at radius 2 is 2.35 bits per heavy atom. The number of anilines is 2. The SMILES string of the molecule is C#CC1CC(=O)N(c2cc(Br)ccc2NC)C1. The van der Waals surface area contributed by atoms with E-state index >= 15 is 0 Å². The fraction of sp³-hybridized carbons (Fsp3) is 0.308. The van der Waals surface area contributed by atoms with Crippen LogP contribution in [0.1, 0.15) is 6.42 Å². The average Bonchev–Trinajstić information content (AvgIpc) is 2.70. The first-order valence-electron chi connectivity index (χ1n) is 5.39. The van der Waals surface area contributed by atoms with Crippen molar-refractivity contribution >= 4 is 33.2 Å². The number of halogens is 1. The molecule has 1 aromatic rings. The minimum absolute atomic E-state index is 0.0196. The van der Waals surface area contributed by atoms with Crippen molar-refractivity contribution in [1.82, 2.24) is 0 Å². The molecule has 0 bridgehead atoms. The molecule has 88 valence electrons. The molecule has 1 unspecified atom stereocenters. The first-order valence-corrected chi connectivity index (χ1v) is 6.18. The maximum atomic E-state index is 11.9. The second-order valence-electron chi connectivity index (χ2n) is 3.98. The van der Waals surface area contributed by atoms with Gasteiger partial charge < -0.3 is 10.2 Å². The number of hydrogen-bond acceptors (Lipinski definition) is 2. The van der Waals surface area contributed by atoms with Gasteiger partial charge in [-0.25, -0.2) is 0 Å².